The van der Waals surface area contributed by atoms with Crippen LogP contribution in [-0.4, -0.2) is 67.6 Å². The third kappa shape index (κ3) is 5.03. The van der Waals surface area contributed by atoms with Crippen molar-refractivity contribution in [3.8, 4) is 0 Å². The smallest absolute Gasteiger partial charge is 0.320 e. The molecule has 3 rings (SSSR count). The molecule has 2 aliphatic rings. The fourth-order valence-electron chi connectivity index (χ4n) is 3.42. The van der Waals surface area contributed by atoms with Crippen molar-refractivity contribution in [3.05, 3.63) is 35.9 Å². The molecule has 1 N–H and O–H groups in total. The molecule has 0 amide bonds. The Morgan fingerprint density at radius 3 is 2.48 bits per heavy atom. The lowest BCUT2D eigenvalue weighted by atomic mass is 10.0. The van der Waals surface area contributed by atoms with Gasteiger partial charge in [-0.25, -0.2) is 0 Å². The van der Waals surface area contributed by atoms with Gasteiger partial charge in [-0.15, -0.1) is 0 Å². The van der Waals surface area contributed by atoms with Gasteiger partial charge in [-0.05, 0) is 31.5 Å². The zero-order chi connectivity index (χ0) is 15.9. The van der Waals surface area contributed by atoms with E-state index in [0.29, 0.717) is 13.2 Å². The average molecular weight is 317 g/mol. The van der Waals surface area contributed by atoms with Crippen molar-refractivity contribution in [2.75, 3.05) is 45.8 Å². The molecule has 5 nitrogen and oxygen atoms in total. The van der Waals surface area contributed by atoms with E-state index in [1.807, 2.05) is 30.3 Å². The van der Waals surface area contributed by atoms with Crippen molar-refractivity contribution in [2.45, 2.75) is 25.5 Å². The summed E-state index contributed by atoms with van der Waals surface area (Å²) in [6.07, 6.45) is 2.50. The van der Waals surface area contributed by atoms with Gasteiger partial charge < -0.3 is 10.1 Å². The van der Waals surface area contributed by atoms with Crippen LogP contribution in [0.4, 0.5) is 0 Å². The Morgan fingerprint density at radius 1 is 1.09 bits per heavy atom. The number of piperazine rings is 1. The SMILES string of the molecule is O=C(CN1CCN(C2CCNCC2)CC1)OCc1ccccc1. The Morgan fingerprint density at radius 2 is 1.78 bits per heavy atom. The second-order valence-corrected chi connectivity index (χ2v) is 6.44. The zero-order valence-electron chi connectivity index (χ0n) is 13.7. The van der Waals surface area contributed by atoms with Crippen molar-refractivity contribution in [3.63, 3.8) is 0 Å². The van der Waals surface area contributed by atoms with E-state index in [2.05, 4.69) is 15.1 Å². The molecule has 0 aromatic heterocycles. The molecule has 2 saturated heterocycles. The van der Waals surface area contributed by atoms with Crippen LogP contribution in [0.3, 0.4) is 0 Å². The first-order valence-electron chi connectivity index (χ1n) is 8.68. The number of benzene rings is 1. The molecule has 0 saturated carbocycles. The predicted octanol–water partition coefficient (Wildman–Crippen LogP) is 1.10. The molecule has 126 valence electrons. The van der Waals surface area contributed by atoms with Crippen molar-refractivity contribution < 1.29 is 9.53 Å². The summed E-state index contributed by atoms with van der Waals surface area (Å²) in [7, 11) is 0. The first kappa shape index (κ1) is 16.4. The number of piperidine rings is 1. The topological polar surface area (TPSA) is 44.8 Å². The Hall–Kier alpha value is -1.43. The van der Waals surface area contributed by atoms with Gasteiger partial charge in [0, 0.05) is 32.2 Å². The van der Waals surface area contributed by atoms with Gasteiger partial charge >= 0.3 is 5.97 Å². The first-order chi connectivity index (χ1) is 11.3. The van der Waals surface area contributed by atoms with Gasteiger partial charge in [0.25, 0.3) is 0 Å². The summed E-state index contributed by atoms with van der Waals surface area (Å²) >= 11 is 0. The Kier molecular flexibility index (Phi) is 6.02. The lowest BCUT2D eigenvalue weighted by Crippen LogP contribution is -2.53. The third-order valence-electron chi connectivity index (χ3n) is 4.83. The molecule has 1 aromatic carbocycles. The highest BCUT2D eigenvalue weighted by atomic mass is 16.5. The molecule has 0 aliphatic carbocycles. The zero-order valence-corrected chi connectivity index (χ0v) is 13.7. The number of carbonyl (C=O) groups is 1. The van der Waals surface area contributed by atoms with Gasteiger partial charge in [0.1, 0.15) is 6.61 Å². The van der Waals surface area contributed by atoms with Gasteiger partial charge in [0.15, 0.2) is 0 Å². The summed E-state index contributed by atoms with van der Waals surface area (Å²) in [5.74, 6) is -0.121. The highest BCUT2D eigenvalue weighted by molar-refractivity contribution is 5.71. The maximum Gasteiger partial charge on any atom is 0.320 e. The average Bonchev–Trinajstić information content (AvgIpc) is 2.62. The number of hydrogen-bond acceptors (Lipinski definition) is 5. The van der Waals surface area contributed by atoms with E-state index in [-0.39, 0.29) is 5.97 Å². The van der Waals surface area contributed by atoms with E-state index in [1.54, 1.807) is 0 Å². The summed E-state index contributed by atoms with van der Waals surface area (Å²) in [6.45, 7) is 7.11. The van der Waals surface area contributed by atoms with Crippen molar-refractivity contribution in [2.24, 2.45) is 0 Å². The van der Waals surface area contributed by atoms with Gasteiger partial charge in [-0.2, -0.15) is 0 Å². The normalized spacial score (nSPS) is 21.2. The summed E-state index contributed by atoms with van der Waals surface area (Å²) in [5.41, 5.74) is 1.04. The van der Waals surface area contributed by atoms with Gasteiger partial charge in [0.2, 0.25) is 0 Å². The molecule has 2 aliphatic heterocycles. The second kappa shape index (κ2) is 8.43. The second-order valence-electron chi connectivity index (χ2n) is 6.44. The van der Waals surface area contributed by atoms with E-state index < -0.39 is 0 Å². The van der Waals surface area contributed by atoms with E-state index >= 15 is 0 Å². The van der Waals surface area contributed by atoms with Crippen LogP contribution in [0.25, 0.3) is 0 Å². The van der Waals surface area contributed by atoms with E-state index in [4.69, 9.17) is 4.74 Å². The largest absolute Gasteiger partial charge is 0.460 e. The first-order valence-corrected chi connectivity index (χ1v) is 8.68. The maximum absolute atomic E-state index is 12.0. The van der Waals surface area contributed by atoms with Gasteiger partial charge in [-0.1, -0.05) is 30.3 Å². The Balaban J connectivity index is 1.35. The molecule has 2 fully saturated rings. The van der Waals surface area contributed by atoms with Crippen molar-refractivity contribution in [1.82, 2.24) is 15.1 Å². The molecule has 2 heterocycles. The molecule has 0 spiro atoms. The molecular formula is C18H27N3O2. The van der Waals surface area contributed by atoms with Gasteiger partial charge in [-0.3, -0.25) is 14.6 Å². The minimum atomic E-state index is -0.121. The van der Waals surface area contributed by atoms with Crippen molar-refractivity contribution >= 4 is 5.97 Å². The molecule has 23 heavy (non-hydrogen) atoms. The van der Waals surface area contributed by atoms with Crippen LogP contribution in [0.15, 0.2) is 30.3 Å². The Bertz CT molecular complexity index is 480. The van der Waals surface area contributed by atoms with Crippen LogP contribution >= 0.6 is 0 Å². The van der Waals surface area contributed by atoms with Crippen LogP contribution in [0, 0.1) is 0 Å². The van der Waals surface area contributed by atoms with E-state index in [1.165, 1.54) is 12.8 Å². The number of esters is 1. The number of carbonyl (C=O) groups excluding carboxylic acids is 1. The minimum absolute atomic E-state index is 0.121. The molecular weight excluding hydrogens is 290 g/mol. The van der Waals surface area contributed by atoms with Crippen molar-refractivity contribution in [1.29, 1.82) is 0 Å². The number of nitrogens with one attached hydrogen (secondary N) is 1. The van der Waals surface area contributed by atoms with E-state index in [0.717, 1.165) is 50.9 Å². The molecule has 0 atom stereocenters. The van der Waals surface area contributed by atoms with Crippen LogP contribution in [0.5, 0.6) is 0 Å². The summed E-state index contributed by atoms with van der Waals surface area (Å²) in [4.78, 5) is 16.8. The van der Waals surface area contributed by atoms with Crippen LogP contribution in [-0.2, 0) is 16.1 Å². The molecule has 0 unspecified atom stereocenters. The quantitative estimate of drug-likeness (QED) is 0.824. The lowest BCUT2D eigenvalue weighted by Gasteiger charge is -2.40. The number of ether oxygens (including phenoxy) is 1. The van der Waals surface area contributed by atoms with Gasteiger partial charge in [0.05, 0.1) is 6.54 Å². The fourth-order valence-corrected chi connectivity index (χ4v) is 3.42. The standard InChI is InChI=1S/C18H27N3O2/c22-18(23-15-16-4-2-1-3-5-16)14-20-10-12-21(13-11-20)17-6-8-19-9-7-17/h1-5,17,19H,6-15H2. The van der Waals surface area contributed by atoms with Crippen LogP contribution < -0.4 is 5.32 Å². The highest BCUT2D eigenvalue weighted by Gasteiger charge is 2.25. The summed E-state index contributed by atoms with van der Waals surface area (Å²) in [6, 6.07) is 10.6. The summed E-state index contributed by atoms with van der Waals surface area (Å²) < 4.78 is 5.37. The Labute approximate surface area is 138 Å². The maximum atomic E-state index is 12.0. The lowest BCUT2D eigenvalue weighted by molar-refractivity contribution is -0.146. The molecule has 0 bridgehead atoms. The minimum Gasteiger partial charge on any atom is -0.460 e. The molecule has 0 radical (unpaired) electrons. The van der Waals surface area contributed by atoms with E-state index in [9.17, 15) is 4.79 Å². The monoisotopic (exact) mass is 317 g/mol. The fraction of sp³-hybridized carbons (Fsp3) is 0.611. The number of nitrogens with zero attached hydrogens (tertiary/aromatic N) is 2. The number of hydrogen-bond donors (Lipinski definition) is 1. The molecule has 1 aromatic rings. The summed E-state index contributed by atoms with van der Waals surface area (Å²) in [5, 5.41) is 3.42. The van der Waals surface area contributed by atoms with Crippen LogP contribution in [0.2, 0.25) is 0 Å². The number of rotatable bonds is 5. The highest BCUT2D eigenvalue weighted by Crippen LogP contribution is 2.14. The third-order valence-corrected chi connectivity index (χ3v) is 4.83. The predicted molar refractivity (Wildman–Crippen MR) is 90.1 cm³/mol. The van der Waals surface area contributed by atoms with Crippen LogP contribution in [0.1, 0.15) is 18.4 Å². The molecule has 5 heteroatoms.